The lowest BCUT2D eigenvalue weighted by Crippen LogP contribution is -2.50. The third kappa shape index (κ3) is 3.32. The van der Waals surface area contributed by atoms with Gasteiger partial charge in [-0.2, -0.15) is 0 Å². The summed E-state index contributed by atoms with van der Waals surface area (Å²) in [5, 5.41) is 4.25. The van der Waals surface area contributed by atoms with Gasteiger partial charge in [0.15, 0.2) is 0 Å². The number of carbonyl (C=O) groups is 1. The Balaban J connectivity index is 1.24. The molecule has 0 bridgehead atoms. The molecule has 1 aromatic heterocycles. The first-order valence-electron chi connectivity index (χ1n) is 8.97. The van der Waals surface area contributed by atoms with Crippen LogP contribution in [0.25, 0.3) is 10.9 Å². The van der Waals surface area contributed by atoms with Crippen LogP contribution in [-0.2, 0) is 16.0 Å². The predicted octanol–water partition coefficient (Wildman–Crippen LogP) is 2.08. The topological polar surface area (TPSA) is 57.4 Å². The Morgan fingerprint density at radius 1 is 1.38 bits per heavy atom. The van der Waals surface area contributed by atoms with Crippen LogP contribution in [0.5, 0.6) is 0 Å². The molecule has 0 radical (unpaired) electrons. The number of amides is 1. The van der Waals surface area contributed by atoms with E-state index in [-0.39, 0.29) is 12.0 Å². The maximum atomic E-state index is 12.2. The molecule has 5 nitrogen and oxygen atoms in total. The highest BCUT2D eigenvalue weighted by molar-refractivity contribution is 5.84. The molecule has 4 rings (SSSR count). The van der Waals surface area contributed by atoms with Gasteiger partial charge in [0.2, 0.25) is 5.91 Å². The van der Waals surface area contributed by atoms with Gasteiger partial charge in [0.1, 0.15) is 0 Å². The molecule has 0 spiro atoms. The molecule has 2 fully saturated rings. The molecule has 2 aliphatic rings. The number of carbonyl (C=O) groups excluding carboxylic acids is 1. The minimum absolute atomic E-state index is 0.104. The van der Waals surface area contributed by atoms with Gasteiger partial charge in [-0.05, 0) is 37.4 Å². The molecule has 0 aliphatic carbocycles. The minimum atomic E-state index is 0.104. The van der Waals surface area contributed by atoms with E-state index in [1.165, 1.54) is 30.3 Å². The molecular formula is C19H25N3O2. The number of ether oxygens (including phenoxy) is 1. The summed E-state index contributed by atoms with van der Waals surface area (Å²) in [6.45, 7) is 3.57. The van der Waals surface area contributed by atoms with Crippen molar-refractivity contribution >= 4 is 16.8 Å². The van der Waals surface area contributed by atoms with E-state index in [9.17, 15) is 4.79 Å². The van der Waals surface area contributed by atoms with E-state index >= 15 is 0 Å². The SMILES string of the molecule is O=C(CCc1c[nH]c2ccccc12)NC[C@@H]1CN2CCC[C@@H]2CO1. The first-order chi connectivity index (χ1) is 11.8. The van der Waals surface area contributed by atoms with Crippen molar-refractivity contribution in [2.75, 3.05) is 26.2 Å². The van der Waals surface area contributed by atoms with Gasteiger partial charge in [-0.15, -0.1) is 0 Å². The molecule has 2 atom stereocenters. The van der Waals surface area contributed by atoms with Crippen LogP contribution in [0.1, 0.15) is 24.8 Å². The summed E-state index contributed by atoms with van der Waals surface area (Å²) in [5.41, 5.74) is 2.33. The Morgan fingerprint density at radius 2 is 2.29 bits per heavy atom. The van der Waals surface area contributed by atoms with Crippen LogP contribution >= 0.6 is 0 Å². The lowest BCUT2D eigenvalue weighted by Gasteiger charge is -2.35. The zero-order valence-corrected chi connectivity index (χ0v) is 14.0. The number of hydrogen-bond acceptors (Lipinski definition) is 3. The Kier molecular flexibility index (Phi) is 4.54. The highest BCUT2D eigenvalue weighted by atomic mass is 16.5. The molecule has 5 heteroatoms. The average Bonchev–Trinajstić information content (AvgIpc) is 3.24. The van der Waals surface area contributed by atoms with Gasteiger partial charge < -0.3 is 15.0 Å². The Morgan fingerprint density at radius 3 is 3.25 bits per heavy atom. The molecule has 128 valence electrons. The van der Waals surface area contributed by atoms with Gasteiger partial charge in [-0.1, -0.05) is 18.2 Å². The number of aromatic amines is 1. The first-order valence-corrected chi connectivity index (χ1v) is 8.97. The zero-order chi connectivity index (χ0) is 16.4. The second-order valence-electron chi connectivity index (χ2n) is 6.91. The molecule has 2 aliphatic heterocycles. The van der Waals surface area contributed by atoms with Crippen LogP contribution in [0.15, 0.2) is 30.5 Å². The second kappa shape index (κ2) is 6.95. The van der Waals surface area contributed by atoms with Crippen LogP contribution in [0.2, 0.25) is 0 Å². The number of aryl methyl sites for hydroxylation is 1. The van der Waals surface area contributed by atoms with Gasteiger partial charge in [0.05, 0.1) is 12.7 Å². The summed E-state index contributed by atoms with van der Waals surface area (Å²) < 4.78 is 5.89. The van der Waals surface area contributed by atoms with Crippen molar-refractivity contribution in [3.05, 3.63) is 36.0 Å². The Labute approximate surface area is 142 Å². The lowest BCUT2D eigenvalue weighted by molar-refractivity contribution is -0.122. The number of rotatable bonds is 5. The number of nitrogens with one attached hydrogen (secondary N) is 2. The molecule has 1 aromatic carbocycles. The lowest BCUT2D eigenvalue weighted by atomic mass is 10.1. The first kappa shape index (κ1) is 15.7. The predicted molar refractivity (Wildman–Crippen MR) is 94.0 cm³/mol. The number of para-hydroxylation sites is 1. The number of aromatic nitrogens is 1. The maximum absolute atomic E-state index is 12.2. The van der Waals surface area contributed by atoms with Gasteiger partial charge in [0, 0.05) is 42.7 Å². The quantitative estimate of drug-likeness (QED) is 0.884. The molecule has 1 amide bonds. The van der Waals surface area contributed by atoms with E-state index < -0.39 is 0 Å². The van der Waals surface area contributed by atoms with Gasteiger partial charge in [0.25, 0.3) is 0 Å². The zero-order valence-electron chi connectivity index (χ0n) is 14.0. The van der Waals surface area contributed by atoms with Crippen LogP contribution in [-0.4, -0.2) is 54.2 Å². The van der Waals surface area contributed by atoms with E-state index in [1.54, 1.807) is 0 Å². The molecule has 24 heavy (non-hydrogen) atoms. The van der Waals surface area contributed by atoms with Crippen LogP contribution in [0.4, 0.5) is 0 Å². The van der Waals surface area contributed by atoms with Crippen LogP contribution < -0.4 is 5.32 Å². The number of nitrogens with zero attached hydrogens (tertiary/aromatic N) is 1. The van der Waals surface area contributed by atoms with Gasteiger partial charge in [-0.25, -0.2) is 0 Å². The Hall–Kier alpha value is -1.85. The maximum Gasteiger partial charge on any atom is 0.220 e. The van der Waals surface area contributed by atoms with Gasteiger partial charge >= 0.3 is 0 Å². The summed E-state index contributed by atoms with van der Waals surface area (Å²) >= 11 is 0. The summed E-state index contributed by atoms with van der Waals surface area (Å²) in [5.74, 6) is 0.104. The van der Waals surface area contributed by atoms with E-state index in [0.29, 0.717) is 19.0 Å². The molecular weight excluding hydrogens is 302 g/mol. The average molecular weight is 327 g/mol. The van der Waals surface area contributed by atoms with E-state index in [4.69, 9.17) is 4.74 Å². The molecule has 0 unspecified atom stereocenters. The summed E-state index contributed by atoms with van der Waals surface area (Å²) in [6.07, 6.45) is 5.95. The van der Waals surface area contributed by atoms with Crippen LogP contribution in [0, 0.1) is 0 Å². The number of H-pyrrole nitrogens is 1. The number of hydrogen-bond donors (Lipinski definition) is 2. The third-order valence-corrected chi connectivity index (χ3v) is 5.28. The highest BCUT2D eigenvalue weighted by Gasteiger charge is 2.32. The largest absolute Gasteiger partial charge is 0.373 e. The van der Waals surface area contributed by atoms with Crippen LogP contribution in [0.3, 0.4) is 0 Å². The molecule has 2 saturated heterocycles. The summed E-state index contributed by atoms with van der Waals surface area (Å²) in [6, 6.07) is 8.82. The minimum Gasteiger partial charge on any atom is -0.373 e. The van der Waals surface area contributed by atoms with Crippen molar-refractivity contribution in [1.82, 2.24) is 15.2 Å². The third-order valence-electron chi connectivity index (χ3n) is 5.28. The number of benzene rings is 1. The molecule has 0 saturated carbocycles. The van der Waals surface area contributed by atoms with E-state index in [1.807, 2.05) is 18.3 Å². The molecule has 2 aromatic rings. The van der Waals surface area contributed by atoms with Crippen molar-refractivity contribution in [2.24, 2.45) is 0 Å². The fourth-order valence-corrected chi connectivity index (χ4v) is 3.91. The fourth-order valence-electron chi connectivity index (χ4n) is 3.91. The summed E-state index contributed by atoms with van der Waals surface area (Å²) in [4.78, 5) is 17.9. The van der Waals surface area contributed by atoms with Crippen molar-refractivity contribution < 1.29 is 9.53 Å². The summed E-state index contributed by atoms with van der Waals surface area (Å²) in [7, 11) is 0. The van der Waals surface area contributed by atoms with Crippen molar-refractivity contribution in [3.63, 3.8) is 0 Å². The number of fused-ring (bicyclic) bond motifs is 2. The normalized spacial score (nSPS) is 24.2. The smallest absolute Gasteiger partial charge is 0.220 e. The number of morpholine rings is 1. The van der Waals surface area contributed by atoms with E-state index in [2.05, 4.69) is 27.3 Å². The van der Waals surface area contributed by atoms with E-state index in [0.717, 1.165) is 25.1 Å². The van der Waals surface area contributed by atoms with Crippen molar-refractivity contribution in [2.45, 2.75) is 37.8 Å². The van der Waals surface area contributed by atoms with Crippen molar-refractivity contribution in [3.8, 4) is 0 Å². The van der Waals surface area contributed by atoms with Crippen molar-refractivity contribution in [1.29, 1.82) is 0 Å². The highest BCUT2D eigenvalue weighted by Crippen LogP contribution is 2.22. The molecule has 3 heterocycles. The standard InChI is InChI=1S/C19H25N3O2/c23-19(8-7-14-10-20-18-6-2-1-5-17(14)18)21-11-16-12-22-9-3-4-15(22)13-24-16/h1-2,5-6,10,15-16,20H,3-4,7-9,11-13H2,(H,21,23)/t15-,16-/m1/s1. The van der Waals surface area contributed by atoms with Gasteiger partial charge in [-0.3, -0.25) is 9.69 Å². The second-order valence-corrected chi connectivity index (χ2v) is 6.91. The monoisotopic (exact) mass is 327 g/mol. The fraction of sp³-hybridized carbons (Fsp3) is 0.526. The Bertz CT molecular complexity index is 711. The molecule has 2 N–H and O–H groups in total.